The van der Waals surface area contributed by atoms with Gasteiger partial charge in [-0.3, -0.25) is 14.3 Å². The van der Waals surface area contributed by atoms with Crippen molar-refractivity contribution in [3.8, 4) is 0 Å². The Morgan fingerprint density at radius 3 is 2.82 bits per heavy atom. The second kappa shape index (κ2) is 7.11. The van der Waals surface area contributed by atoms with Gasteiger partial charge in [0.25, 0.3) is 5.56 Å². The fourth-order valence-electron chi connectivity index (χ4n) is 1.85. The van der Waals surface area contributed by atoms with E-state index in [0.29, 0.717) is 5.56 Å². The largest absolute Gasteiger partial charge is 0.697 e. The molecule has 8 nitrogen and oxygen atoms in total. The third-order valence-electron chi connectivity index (χ3n) is 2.87. The minimum Gasteiger partial charge on any atom is -0.344 e. The highest BCUT2D eigenvalue weighted by molar-refractivity contribution is 7.33. The maximum absolute atomic E-state index is 11.8. The molecule has 120 valence electrons. The second-order valence-corrected chi connectivity index (χ2v) is 6.02. The van der Waals surface area contributed by atoms with Crippen molar-refractivity contribution in [3.05, 3.63) is 44.8 Å². The Morgan fingerprint density at radius 1 is 1.41 bits per heavy atom. The van der Waals surface area contributed by atoms with Crippen molar-refractivity contribution >= 4 is 8.25 Å². The molecule has 22 heavy (non-hydrogen) atoms. The Hall–Kier alpha value is -1.60. The minimum absolute atomic E-state index is 0.0476. The summed E-state index contributed by atoms with van der Waals surface area (Å²) in [6, 6.07) is 0. The smallest absolute Gasteiger partial charge is 0.344 e. The maximum atomic E-state index is 11.8. The van der Waals surface area contributed by atoms with Crippen molar-refractivity contribution in [1.82, 2.24) is 9.55 Å². The zero-order valence-electron chi connectivity index (χ0n) is 12.5. The number of aromatic amines is 1. The molecule has 1 unspecified atom stereocenters. The normalized spacial score (nSPS) is 21.5. The molecule has 9 heteroatoms. The molecular formula is C13H18N2O6P+. The van der Waals surface area contributed by atoms with E-state index < -0.39 is 31.8 Å². The van der Waals surface area contributed by atoms with E-state index in [9.17, 15) is 14.2 Å². The van der Waals surface area contributed by atoms with Gasteiger partial charge in [0.05, 0.1) is 0 Å². The molecule has 1 aromatic rings. The number of ether oxygens (including phenoxy) is 1. The number of H-pyrrole nitrogens is 1. The Morgan fingerprint density at radius 2 is 2.14 bits per heavy atom. The highest BCUT2D eigenvalue weighted by Crippen LogP contribution is 2.28. The minimum atomic E-state index is -2.20. The molecule has 0 saturated carbocycles. The fourth-order valence-corrected chi connectivity index (χ4v) is 2.53. The molecule has 0 amide bonds. The lowest BCUT2D eigenvalue weighted by Crippen LogP contribution is -2.33. The molecule has 3 atom stereocenters. The summed E-state index contributed by atoms with van der Waals surface area (Å²) in [4.78, 5) is 25.3. The molecule has 0 radical (unpaired) electrons. The Bertz CT molecular complexity index is 693. The zero-order valence-corrected chi connectivity index (χ0v) is 13.4. The van der Waals surface area contributed by atoms with Crippen LogP contribution in [0, 0.1) is 6.92 Å². The SMILES string of the molecule is Cc1cn([C@@H]2C=C[C@H](CO[P+](=O)OC(C)C)O2)c(=O)[nH]c1=O. The Kier molecular flexibility index (Phi) is 5.42. The van der Waals surface area contributed by atoms with Gasteiger partial charge in [0, 0.05) is 16.3 Å². The lowest BCUT2D eigenvalue weighted by atomic mass is 10.3. The molecule has 0 fully saturated rings. The van der Waals surface area contributed by atoms with E-state index in [0.717, 1.165) is 0 Å². The Labute approximate surface area is 127 Å². The third-order valence-corrected chi connectivity index (χ3v) is 3.82. The van der Waals surface area contributed by atoms with Crippen molar-refractivity contribution in [1.29, 1.82) is 0 Å². The first-order valence-corrected chi connectivity index (χ1v) is 7.89. The van der Waals surface area contributed by atoms with E-state index in [1.54, 1.807) is 32.9 Å². The van der Waals surface area contributed by atoms with Crippen molar-refractivity contribution < 1.29 is 18.3 Å². The van der Waals surface area contributed by atoms with E-state index in [-0.39, 0.29) is 12.7 Å². The van der Waals surface area contributed by atoms with Crippen LogP contribution in [0.4, 0.5) is 0 Å². The van der Waals surface area contributed by atoms with Gasteiger partial charge >= 0.3 is 13.9 Å². The summed E-state index contributed by atoms with van der Waals surface area (Å²) in [5.41, 5.74) is -0.573. The molecule has 1 aliphatic rings. The van der Waals surface area contributed by atoms with Crippen molar-refractivity contribution in [2.45, 2.75) is 39.2 Å². The topological polar surface area (TPSA) is 99.6 Å². The van der Waals surface area contributed by atoms with Gasteiger partial charge in [-0.1, -0.05) is 6.08 Å². The summed E-state index contributed by atoms with van der Waals surface area (Å²) in [5, 5.41) is 0. The molecule has 2 heterocycles. The van der Waals surface area contributed by atoms with Gasteiger partial charge in [0.15, 0.2) is 6.23 Å². The molecule has 0 spiro atoms. The van der Waals surface area contributed by atoms with Gasteiger partial charge in [-0.25, -0.2) is 4.79 Å². The van der Waals surface area contributed by atoms with Crippen LogP contribution in [0.5, 0.6) is 0 Å². The maximum Gasteiger partial charge on any atom is 0.697 e. The van der Waals surface area contributed by atoms with Crippen LogP contribution in [0.2, 0.25) is 0 Å². The molecule has 0 aromatic carbocycles. The summed E-state index contributed by atoms with van der Waals surface area (Å²) >= 11 is 0. The third kappa shape index (κ3) is 4.20. The second-order valence-electron chi connectivity index (χ2n) is 5.10. The monoisotopic (exact) mass is 329 g/mol. The van der Waals surface area contributed by atoms with E-state index in [1.807, 2.05) is 0 Å². The number of aromatic nitrogens is 2. The van der Waals surface area contributed by atoms with E-state index in [1.165, 1.54) is 10.8 Å². The van der Waals surface area contributed by atoms with Gasteiger partial charge in [-0.2, -0.15) is 0 Å². The fraction of sp³-hybridized carbons (Fsp3) is 0.538. The van der Waals surface area contributed by atoms with Crippen LogP contribution in [0.3, 0.4) is 0 Å². The number of rotatable bonds is 6. The predicted octanol–water partition coefficient (Wildman–Crippen LogP) is 1.40. The summed E-state index contributed by atoms with van der Waals surface area (Å²) in [7, 11) is -2.20. The molecule has 0 saturated heterocycles. The van der Waals surface area contributed by atoms with E-state index >= 15 is 0 Å². The summed E-state index contributed by atoms with van der Waals surface area (Å²) < 4.78 is 28.3. The average Bonchev–Trinajstić information content (AvgIpc) is 2.88. The average molecular weight is 329 g/mol. The molecule has 2 rings (SSSR count). The summed E-state index contributed by atoms with van der Waals surface area (Å²) in [6.45, 7) is 5.15. The van der Waals surface area contributed by atoms with Crippen LogP contribution in [0.15, 0.2) is 27.9 Å². The Balaban J connectivity index is 1.95. The van der Waals surface area contributed by atoms with Crippen molar-refractivity contribution in [2.75, 3.05) is 6.61 Å². The van der Waals surface area contributed by atoms with Crippen LogP contribution in [-0.2, 0) is 18.3 Å². The standard InChI is InChI=1S/C13H17N2O6P/c1-8(2)21-22(18)19-7-10-4-5-11(20-10)15-6-9(3)12(16)14-13(15)17/h4-6,8,10-11H,7H2,1-3H3/p+1/t10-,11+/m1/s1. The first kappa shape index (κ1) is 16.8. The van der Waals surface area contributed by atoms with Crippen LogP contribution >= 0.6 is 8.25 Å². The van der Waals surface area contributed by atoms with Crippen LogP contribution in [0.1, 0.15) is 25.6 Å². The van der Waals surface area contributed by atoms with Gasteiger partial charge in [0.1, 0.15) is 18.8 Å². The number of aryl methyl sites for hydroxylation is 1. The van der Waals surface area contributed by atoms with E-state index in [2.05, 4.69) is 4.98 Å². The number of nitrogens with one attached hydrogen (secondary N) is 1. The first-order valence-electron chi connectivity index (χ1n) is 6.79. The number of nitrogens with zero attached hydrogens (tertiary/aromatic N) is 1. The zero-order chi connectivity index (χ0) is 16.3. The molecule has 1 aromatic heterocycles. The predicted molar refractivity (Wildman–Crippen MR) is 78.9 cm³/mol. The highest BCUT2D eigenvalue weighted by atomic mass is 31.1. The quantitative estimate of drug-likeness (QED) is 0.625. The molecule has 1 N–H and O–H groups in total. The van der Waals surface area contributed by atoms with Crippen molar-refractivity contribution in [3.63, 3.8) is 0 Å². The number of hydrogen-bond acceptors (Lipinski definition) is 6. The van der Waals surface area contributed by atoms with Crippen LogP contribution < -0.4 is 11.2 Å². The summed E-state index contributed by atoms with van der Waals surface area (Å²) in [5.74, 6) is 0. The van der Waals surface area contributed by atoms with Gasteiger partial charge in [-0.15, -0.1) is 9.05 Å². The highest BCUT2D eigenvalue weighted by Gasteiger charge is 2.28. The molecule has 0 aliphatic carbocycles. The molecular weight excluding hydrogens is 311 g/mol. The first-order chi connectivity index (χ1) is 10.4. The van der Waals surface area contributed by atoms with Gasteiger partial charge in [-0.05, 0) is 26.8 Å². The van der Waals surface area contributed by atoms with Gasteiger partial charge < -0.3 is 4.74 Å². The van der Waals surface area contributed by atoms with Crippen molar-refractivity contribution in [2.24, 2.45) is 0 Å². The molecule has 1 aliphatic heterocycles. The summed E-state index contributed by atoms with van der Waals surface area (Å²) in [6.07, 6.45) is 3.53. The van der Waals surface area contributed by atoms with Gasteiger partial charge in [0.2, 0.25) is 0 Å². The van der Waals surface area contributed by atoms with Crippen LogP contribution in [-0.4, -0.2) is 28.4 Å². The number of hydrogen-bond donors (Lipinski definition) is 1. The molecule has 0 bridgehead atoms. The van der Waals surface area contributed by atoms with Crippen LogP contribution in [0.25, 0.3) is 0 Å². The lowest BCUT2D eigenvalue weighted by molar-refractivity contribution is -0.00748. The van der Waals surface area contributed by atoms with E-state index in [4.69, 9.17) is 13.8 Å². The lowest BCUT2D eigenvalue weighted by Gasteiger charge is -2.14.